The molecule has 1 aliphatic rings. The molecule has 2 atom stereocenters. The van der Waals surface area contributed by atoms with Crippen LogP contribution in [0, 0.1) is 0 Å². The van der Waals surface area contributed by atoms with Crippen LogP contribution in [-0.2, 0) is 9.53 Å². The van der Waals surface area contributed by atoms with Crippen LogP contribution in [0.3, 0.4) is 0 Å². The van der Waals surface area contributed by atoms with Gasteiger partial charge in [-0.25, -0.2) is 0 Å². The van der Waals surface area contributed by atoms with Crippen molar-refractivity contribution in [3.63, 3.8) is 0 Å². The SMILES string of the molecule is CC(N)CCC(=O)NC1(C)CCOC1. The van der Waals surface area contributed by atoms with E-state index in [1.54, 1.807) is 0 Å². The molecule has 0 aliphatic carbocycles. The molecule has 82 valence electrons. The third kappa shape index (κ3) is 3.64. The van der Waals surface area contributed by atoms with Crippen LogP contribution in [0.25, 0.3) is 0 Å². The lowest BCUT2D eigenvalue weighted by Crippen LogP contribution is -2.46. The molecule has 0 radical (unpaired) electrons. The molecule has 1 rings (SSSR count). The van der Waals surface area contributed by atoms with E-state index in [9.17, 15) is 4.79 Å². The van der Waals surface area contributed by atoms with Gasteiger partial charge in [0.15, 0.2) is 0 Å². The predicted molar refractivity (Wildman–Crippen MR) is 54.9 cm³/mol. The minimum absolute atomic E-state index is 0.0790. The summed E-state index contributed by atoms with van der Waals surface area (Å²) in [6.07, 6.45) is 2.15. The summed E-state index contributed by atoms with van der Waals surface area (Å²) in [5, 5.41) is 2.99. The molecular weight excluding hydrogens is 180 g/mol. The van der Waals surface area contributed by atoms with E-state index in [2.05, 4.69) is 5.32 Å². The molecule has 0 bridgehead atoms. The molecule has 1 heterocycles. The number of amides is 1. The van der Waals surface area contributed by atoms with Crippen LogP contribution in [0.2, 0.25) is 0 Å². The van der Waals surface area contributed by atoms with Gasteiger partial charge in [-0.2, -0.15) is 0 Å². The van der Waals surface area contributed by atoms with E-state index in [0.717, 1.165) is 19.4 Å². The molecule has 0 aromatic rings. The van der Waals surface area contributed by atoms with E-state index < -0.39 is 0 Å². The summed E-state index contributed by atoms with van der Waals surface area (Å²) in [4.78, 5) is 11.5. The Morgan fingerprint density at radius 2 is 2.43 bits per heavy atom. The fourth-order valence-corrected chi connectivity index (χ4v) is 1.52. The molecule has 1 fully saturated rings. The molecule has 0 aromatic heterocycles. The minimum Gasteiger partial charge on any atom is -0.379 e. The Labute approximate surface area is 85.2 Å². The van der Waals surface area contributed by atoms with Crippen LogP contribution in [0.4, 0.5) is 0 Å². The van der Waals surface area contributed by atoms with Gasteiger partial charge in [0.05, 0.1) is 12.1 Å². The highest BCUT2D eigenvalue weighted by molar-refractivity contribution is 5.76. The van der Waals surface area contributed by atoms with Crippen LogP contribution in [0.5, 0.6) is 0 Å². The van der Waals surface area contributed by atoms with Gasteiger partial charge in [0, 0.05) is 19.1 Å². The molecule has 14 heavy (non-hydrogen) atoms. The van der Waals surface area contributed by atoms with Gasteiger partial charge in [0.1, 0.15) is 0 Å². The quantitative estimate of drug-likeness (QED) is 0.691. The lowest BCUT2D eigenvalue weighted by molar-refractivity contribution is -0.123. The smallest absolute Gasteiger partial charge is 0.220 e. The van der Waals surface area contributed by atoms with E-state index in [1.807, 2.05) is 13.8 Å². The highest BCUT2D eigenvalue weighted by atomic mass is 16.5. The fourth-order valence-electron chi connectivity index (χ4n) is 1.52. The number of hydrogen-bond acceptors (Lipinski definition) is 3. The zero-order valence-electron chi connectivity index (χ0n) is 9.01. The first-order valence-corrected chi connectivity index (χ1v) is 5.16. The molecule has 4 nitrogen and oxygen atoms in total. The summed E-state index contributed by atoms with van der Waals surface area (Å²) < 4.78 is 5.25. The first-order chi connectivity index (χ1) is 6.52. The maximum absolute atomic E-state index is 11.5. The van der Waals surface area contributed by atoms with Crippen molar-refractivity contribution >= 4 is 5.91 Å². The number of nitrogens with one attached hydrogen (secondary N) is 1. The van der Waals surface area contributed by atoms with E-state index in [0.29, 0.717) is 13.0 Å². The van der Waals surface area contributed by atoms with Crippen molar-refractivity contribution in [3.05, 3.63) is 0 Å². The number of rotatable bonds is 4. The van der Waals surface area contributed by atoms with Gasteiger partial charge in [0.25, 0.3) is 0 Å². The Hall–Kier alpha value is -0.610. The zero-order chi connectivity index (χ0) is 10.6. The van der Waals surface area contributed by atoms with Crippen LogP contribution >= 0.6 is 0 Å². The summed E-state index contributed by atoms with van der Waals surface area (Å²) in [5.74, 6) is 0.0790. The molecule has 2 unspecified atom stereocenters. The Balaban J connectivity index is 2.25. The molecule has 1 aliphatic heterocycles. The Bertz CT molecular complexity index is 198. The lowest BCUT2D eigenvalue weighted by atomic mass is 10.0. The number of ether oxygens (including phenoxy) is 1. The number of hydrogen-bond donors (Lipinski definition) is 2. The van der Waals surface area contributed by atoms with Gasteiger partial charge in [0.2, 0.25) is 5.91 Å². The number of nitrogens with two attached hydrogens (primary N) is 1. The van der Waals surface area contributed by atoms with Crippen molar-refractivity contribution in [1.29, 1.82) is 0 Å². The van der Waals surface area contributed by atoms with Crippen LogP contribution in [0.1, 0.15) is 33.1 Å². The normalized spacial score (nSPS) is 28.8. The first kappa shape index (κ1) is 11.5. The van der Waals surface area contributed by atoms with Gasteiger partial charge in [-0.15, -0.1) is 0 Å². The fraction of sp³-hybridized carbons (Fsp3) is 0.900. The Kier molecular flexibility index (Phi) is 3.89. The van der Waals surface area contributed by atoms with Crippen molar-refractivity contribution in [2.45, 2.75) is 44.7 Å². The monoisotopic (exact) mass is 200 g/mol. The van der Waals surface area contributed by atoms with Gasteiger partial charge in [-0.05, 0) is 26.7 Å². The Morgan fingerprint density at radius 3 is 2.93 bits per heavy atom. The standard InChI is InChI=1S/C10H20N2O2/c1-8(11)3-4-9(13)12-10(2)5-6-14-7-10/h8H,3-7,11H2,1-2H3,(H,12,13). The average Bonchev–Trinajstić information content (AvgIpc) is 2.48. The topological polar surface area (TPSA) is 64.4 Å². The number of carbonyl (C=O) groups is 1. The largest absolute Gasteiger partial charge is 0.379 e. The molecule has 3 N–H and O–H groups in total. The van der Waals surface area contributed by atoms with E-state index in [-0.39, 0.29) is 17.5 Å². The van der Waals surface area contributed by atoms with Gasteiger partial charge in [-0.1, -0.05) is 0 Å². The predicted octanol–water partition coefficient (Wildman–Crippen LogP) is 0.409. The second-order valence-corrected chi connectivity index (χ2v) is 4.43. The van der Waals surface area contributed by atoms with Crippen LogP contribution in [-0.4, -0.2) is 30.7 Å². The molecule has 0 aromatic carbocycles. The second-order valence-electron chi connectivity index (χ2n) is 4.43. The van der Waals surface area contributed by atoms with Gasteiger partial charge >= 0.3 is 0 Å². The van der Waals surface area contributed by atoms with Crippen molar-refractivity contribution < 1.29 is 9.53 Å². The zero-order valence-corrected chi connectivity index (χ0v) is 9.01. The summed E-state index contributed by atoms with van der Waals surface area (Å²) >= 11 is 0. The summed E-state index contributed by atoms with van der Waals surface area (Å²) in [7, 11) is 0. The van der Waals surface area contributed by atoms with E-state index in [1.165, 1.54) is 0 Å². The minimum atomic E-state index is -0.158. The van der Waals surface area contributed by atoms with Crippen LogP contribution in [0.15, 0.2) is 0 Å². The van der Waals surface area contributed by atoms with Crippen molar-refractivity contribution in [1.82, 2.24) is 5.32 Å². The second kappa shape index (κ2) is 4.75. The van der Waals surface area contributed by atoms with Crippen LogP contribution < -0.4 is 11.1 Å². The molecule has 0 saturated carbocycles. The van der Waals surface area contributed by atoms with E-state index >= 15 is 0 Å². The maximum atomic E-state index is 11.5. The van der Waals surface area contributed by atoms with Crippen molar-refractivity contribution in [2.24, 2.45) is 5.73 Å². The van der Waals surface area contributed by atoms with Gasteiger partial charge in [-0.3, -0.25) is 4.79 Å². The molecule has 0 spiro atoms. The molecule has 1 saturated heterocycles. The lowest BCUT2D eigenvalue weighted by Gasteiger charge is -2.23. The van der Waals surface area contributed by atoms with E-state index in [4.69, 9.17) is 10.5 Å². The summed E-state index contributed by atoms with van der Waals surface area (Å²) in [5.41, 5.74) is 5.42. The summed E-state index contributed by atoms with van der Waals surface area (Å²) in [6.45, 7) is 5.29. The molecule has 1 amide bonds. The first-order valence-electron chi connectivity index (χ1n) is 5.16. The molecule has 4 heteroatoms. The highest BCUT2D eigenvalue weighted by Crippen LogP contribution is 2.17. The Morgan fingerprint density at radius 1 is 1.71 bits per heavy atom. The average molecular weight is 200 g/mol. The van der Waals surface area contributed by atoms with Crippen molar-refractivity contribution in [3.8, 4) is 0 Å². The summed E-state index contributed by atoms with van der Waals surface area (Å²) in [6, 6.07) is 0.0911. The third-order valence-corrected chi connectivity index (χ3v) is 2.49. The van der Waals surface area contributed by atoms with Gasteiger partial charge < -0.3 is 15.8 Å². The highest BCUT2D eigenvalue weighted by Gasteiger charge is 2.30. The number of carbonyl (C=O) groups excluding carboxylic acids is 1. The third-order valence-electron chi connectivity index (χ3n) is 2.49. The molecular formula is C10H20N2O2. The van der Waals surface area contributed by atoms with Crippen molar-refractivity contribution in [2.75, 3.05) is 13.2 Å². The maximum Gasteiger partial charge on any atom is 0.220 e.